The Morgan fingerprint density at radius 3 is 2.94 bits per heavy atom. The number of hydrogen-bond donors (Lipinski definition) is 1. The molecular formula is C12H11N3O2S. The van der Waals surface area contributed by atoms with Crippen LogP contribution >= 0.6 is 11.8 Å². The molecule has 2 rings (SSSR count). The summed E-state index contributed by atoms with van der Waals surface area (Å²) in [6.07, 6.45) is 3.36. The highest BCUT2D eigenvalue weighted by atomic mass is 32.2. The number of aromatic nitrogens is 3. The Morgan fingerprint density at radius 1 is 1.44 bits per heavy atom. The van der Waals surface area contributed by atoms with Crippen LogP contribution in [0.1, 0.15) is 5.69 Å². The Hall–Kier alpha value is -1.95. The van der Waals surface area contributed by atoms with Gasteiger partial charge in [0.1, 0.15) is 5.03 Å². The van der Waals surface area contributed by atoms with Crippen molar-refractivity contribution in [3.63, 3.8) is 0 Å². The van der Waals surface area contributed by atoms with Gasteiger partial charge in [-0.1, -0.05) is 11.8 Å². The molecule has 2 aromatic rings. The molecule has 1 N–H and O–H groups in total. The molecule has 92 valence electrons. The lowest BCUT2D eigenvalue weighted by Gasteiger charge is -2.04. The predicted molar refractivity (Wildman–Crippen MR) is 68.4 cm³/mol. The molecule has 0 saturated heterocycles. The van der Waals surface area contributed by atoms with Crippen LogP contribution in [0, 0.1) is 6.92 Å². The van der Waals surface area contributed by atoms with E-state index in [0.29, 0.717) is 10.9 Å². The van der Waals surface area contributed by atoms with E-state index in [0.717, 1.165) is 11.3 Å². The minimum absolute atomic E-state index is 0.0110. The maximum atomic E-state index is 10.5. The zero-order valence-corrected chi connectivity index (χ0v) is 10.5. The molecule has 0 spiro atoms. The molecule has 0 atom stereocenters. The van der Waals surface area contributed by atoms with Gasteiger partial charge in [0.05, 0.1) is 5.75 Å². The van der Waals surface area contributed by atoms with Crippen molar-refractivity contribution in [1.29, 1.82) is 0 Å². The quantitative estimate of drug-likeness (QED) is 0.670. The van der Waals surface area contributed by atoms with Crippen molar-refractivity contribution in [2.45, 2.75) is 11.9 Å². The minimum atomic E-state index is -0.862. The number of aliphatic carboxylic acids is 1. The maximum Gasteiger partial charge on any atom is 0.313 e. The predicted octanol–water partition coefficient (Wildman–Crippen LogP) is 2.02. The summed E-state index contributed by atoms with van der Waals surface area (Å²) in [5.41, 5.74) is 1.62. The van der Waals surface area contributed by atoms with Crippen molar-refractivity contribution in [2.24, 2.45) is 0 Å². The summed E-state index contributed by atoms with van der Waals surface area (Å²) in [4.78, 5) is 23.2. The average molecular weight is 261 g/mol. The van der Waals surface area contributed by atoms with Crippen LogP contribution in [0.4, 0.5) is 0 Å². The van der Waals surface area contributed by atoms with Gasteiger partial charge in [0, 0.05) is 23.7 Å². The van der Waals surface area contributed by atoms with Crippen molar-refractivity contribution in [3.8, 4) is 11.4 Å². The number of hydrogen-bond acceptors (Lipinski definition) is 5. The summed E-state index contributed by atoms with van der Waals surface area (Å²) < 4.78 is 0. The molecular weight excluding hydrogens is 250 g/mol. The van der Waals surface area contributed by atoms with E-state index in [1.165, 1.54) is 11.8 Å². The van der Waals surface area contributed by atoms with E-state index in [2.05, 4.69) is 15.0 Å². The highest BCUT2D eigenvalue weighted by molar-refractivity contribution is 7.99. The third-order valence-electron chi connectivity index (χ3n) is 2.09. The Balaban J connectivity index is 2.29. The molecule has 2 heterocycles. The first-order valence-electron chi connectivity index (χ1n) is 5.26. The Bertz CT molecular complexity index is 561. The SMILES string of the molecule is Cc1cc(SCC(=O)O)nc(-c2cccnc2)n1. The van der Waals surface area contributed by atoms with Crippen molar-refractivity contribution < 1.29 is 9.90 Å². The lowest BCUT2D eigenvalue weighted by molar-refractivity contribution is -0.133. The van der Waals surface area contributed by atoms with Crippen LogP contribution in [0.5, 0.6) is 0 Å². The molecule has 0 radical (unpaired) electrons. The molecule has 0 aliphatic carbocycles. The molecule has 0 aromatic carbocycles. The Morgan fingerprint density at radius 2 is 2.28 bits per heavy atom. The van der Waals surface area contributed by atoms with E-state index in [1.807, 2.05) is 19.1 Å². The number of carboxylic acid groups (broad SMARTS) is 1. The molecule has 0 fully saturated rings. The highest BCUT2D eigenvalue weighted by Gasteiger charge is 2.07. The molecule has 0 amide bonds. The van der Waals surface area contributed by atoms with Crippen LogP contribution in [-0.4, -0.2) is 31.8 Å². The lowest BCUT2D eigenvalue weighted by atomic mass is 10.2. The fourth-order valence-electron chi connectivity index (χ4n) is 1.37. The summed E-state index contributed by atoms with van der Waals surface area (Å²) >= 11 is 1.18. The lowest BCUT2D eigenvalue weighted by Crippen LogP contribution is -2.00. The van der Waals surface area contributed by atoms with Crippen LogP contribution < -0.4 is 0 Å². The van der Waals surface area contributed by atoms with Crippen molar-refractivity contribution in [2.75, 3.05) is 5.75 Å². The van der Waals surface area contributed by atoms with Gasteiger partial charge in [0.2, 0.25) is 0 Å². The monoisotopic (exact) mass is 261 g/mol. The zero-order valence-electron chi connectivity index (χ0n) is 9.70. The first-order chi connectivity index (χ1) is 8.65. The van der Waals surface area contributed by atoms with Crippen LogP contribution in [0.3, 0.4) is 0 Å². The van der Waals surface area contributed by atoms with Crippen molar-refractivity contribution in [1.82, 2.24) is 15.0 Å². The smallest absolute Gasteiger partial charge is 0.313 e. The van der Waals surface area contributed by atoms with Crippen molar-refractivity contribution >= 4 is 17.7 Å². The van der Waals surface area contributed by atoms with E-state index in [4.69, 9.17) is 5.11 Å². The molecule has 5 nitrogen and oxygen atoms in total. The number of carbonyl (C=O) groups is 1. The third-order valence-corrected chi connectivity index (χ3v) is 2.99. The number of aryl methyl sites for hydroxylation is 1. The number of nitrogens with zero attached hydrogens (tertiary/aromatic N) is 3. The number of thioether (sulfide) groups is 1. The largest absolute Gasteiger partial charge is 0.481 e. The topological polar surface area (TPSA) is 76.0 Å². The molecule has 18 heavy (non-hydrogen) atoms. The molecule has 0 aliphatic rings. The standard InChI is InChI=1S/C12H11N3O2S/c1-8-5-10(18-7-11(16)17)15-12(14-8)9-3-2-4-13-6-9/h2-6H,7H2,1H3,(H,16,17). The van der Waals surface area contributed by atoms with E-state index < -0.39 is 5.97 Å². The summed E-state index contributed by atoms with van der Waals surface area (Å²) in [7, 11) is 0. The molecule has 2 aromatic heterocycles. The minimum Gasteiger partial charge on any atom is -0.481 e. The van der Waals surface area contributed by atoms with Gasteiger partial charge < -0.3 is 5.11 Å². The number of pyridine rings is 1. The average Bonchev–Trinajstić information content (AvgIpc) is 2.37. The van der Waals surface area contributed by atoms with Crippen LogP contribution in [0.2, 0.25) is 0 Å². The molecule has 0 unspecified atom stereocenters. The van der Waals surface area contributed by atoms with Gasteiger partial charge in [-0.2, -0.15) is 0 Å². The van der Waals surface area contributed by atoms with E-state index in [-0.39, 0.29) is 5.75 Å². The van der Waals surface area contributed by atoms with E-state index in [1.54, 1.807) is 18.5 Å². The van der Waals surface area contributed by atoms with Gasteiger partial charge in [-0.3, -0.25) is 9.78 Å². The zero-order chi connectivity index (χ0) is 13.0. The number of carboxylic acids is 1. The van der Waals surface area contributed by atoms with Gasteiger partial charge >= 0.3 is 5.97 Å². The number of rotatable bonds is 4. The van der Waals surface area contributed by atoms with Crippen LogP contribution in [0.15, 0.2) is 35.6 Å². The van der Waals surface area contributed by atoms with Gasteiger partial charge in [-0.15, -0.1) is 0 Å². The van der Waals surface area contributed by atoms with Gasteiger partial charge in [0.15, 0.2) is 5.82 Å². The molecule has 6 heteroatoms. The molecule has 0 bridgehead atoms. The third kappa shape index (κ3) is 3.27. The first kappa shape index (κ1) is 12.5. The van der Waals surface area contributed by atoms with Crippen molar-refractivity contribution in [3.05, 3.63) is 36.3 Å². The van der Waals surface area contributed by atoms with Gasteiger partial charge in [-0.25, -0.2) is 9.97 Å². The second-order valence-electron chi connectivity index (χ2n) is 3.60. The van der Waals surface area contributed by atoms with Crippen LogP contribution in [-0.2, 0) is 4.79 Å². The Labute approximate surface area is 108 Å². The fourth-order valence-corrected chi connectivity index (χ4v) is 2.05. The van der Waals surface area contributed by atoms with Gasteiger partial charge in [0.25, 0.3) is 0 Å². The summed E-state index contributed by atoms with van der Waals surface area (Å²) in [5, 5.41) is 9.31. The fraction of sp³-hybridized carbons (Fsp3) is 0.167. The van der Waals surface area contributed by atoms with E-state index >= 15 is 0 Å². The summed E-state index contributed by atoms with van der Waals surface area (Å²) in [5.74, 6) is -0.307. The summed E-state index contributed by atoms with van der Waals surface area (Å²) in [6, 6.07) is 5.45. The normalized spacial score (nSPS) is 10.3. The second kappa shape index (κ2) is 5.59. The maximum absolute atomic E-state index is 10.5. The molecule has 0 aliphatic heterocycles. The molecule has 0 saturated carbocycles. The van der Waals surface area contributed by atoms with Gasteiger partial charge in [-0.05, 0) is 25.1 Å². The van der Waals surface area contributed by atoms with E-state index in [9.17, 15) is 4.79 Å². The van der Waals surface area contributed by atoms with Crippen LogP contribution in [0.25, 0.3) is 11.4 Å². The summed E-state index contributed by atoms with van der Waals surface area (Å²) in [6.45, 7) is 1.85. The Kier molecular flexibility index (Phi) is 3.88. The second-order valence-corrected chi connectivity index (χ2v) is 4.59. The highest BCUT2D eigenvalue weighted by Crippen LogP contribution is 2.20. The first-order valence-corrected chi connectivity index (χ1v) is 6.24.